The number of nitrogens with zero attached hydrogens (tertiary/aromatic N) is 4. The number of halogens is 2. The van der Waals surface area contributed by atoms with Crippen molar-refractivity contribution in [1.29, 1.82) is 0 Å². The molecule has 23 heavy (non-hydrogen) atoms. The van der Waals surface area contributed by atoms with Crippen molar-refractivity contribution in [3.8, 4) is 0 Å². The summed E-state index contributed by atoms with van der Waals surface area (Å²) in [5, 5.41) is 16.1. The molecule has 0 aliphatic rings. The van der Waals surface area contributed by atoms with E-state index in [-0.39, 0.29) is 35.0 Å². The predicted molar refractivity (Wildman–Crippen MR) is 71.9 cm³/mol. The molecule has 12 heteroatoms. The highest BCUT2D eigenvalue weighted by atomic mass is 32.2. The van der Waals surface area contributed by atoms with E-state index < -0.39 is 16.9 Å². The predicted octanol–water partition coefficient (Wildman–Crippen LogP) is 1.63. The number of hydroxylamine groups is 1. The molecule has 2 N–H and O–H groups in total. The number of rotatable bonds is 5. The Morgan fingerprint density at radius 1 is 1.39 bits per heavy atom. The molecule has 0 amide bonds. The lowest BCUT2D eigenvalue weighted by atomic mass is 10.2. The molecule has 2 aromatic rings. The topological polar surface area (TPSA) is 130 Å². The Balaban J connectivity index is 2.38. The Labute approximate surface area is 129 Å². The maximum absolute atomic E-state index is 12.7. The maximum Gasteiger partial charge on any atom is 0.311 e. The molecule has 0 aliphatic carbocycles. The molecule has 122 valence electrons. The quantitative estimate of drug-likeness (QED) is 0.478. The van der Waals surface area contributed by atoms with E-state index in [2.05, 4.69) is 24.3 Å². The molecule has 0 aliphatic heterocycles. The second-order valence-corrected chi connectivity index (χ2v) is 4.72. The van der Waals surface area contributed by atoms with Crippen molar-refractivity contribution in [1.82, 2.24) is 15.8 Å². The summed E-state index contributed by atoms with van der Waals surface area (Å²) in [5.74, 6) is -0.264. The van der Waals surface area contributed by atoms with E-state index >= 15 is 0 Å². The van der Waals surface area contributed by atoms with Crippen LogP contribution in [0.1, 0.15) is 23.4 Å². The summed E-state index contributed by atoms with van der Waals surface area (Å²) in [7, 11) is -2.66. The van der Waals surface area contributed by atoms with E-state index in [9.17, 15) is 17.2 Å². The fraction of sp³-hybridized carbons (Fsp3) is 0.182. The van der Waals surface area contributed by atoms with Crippen molar-refractivity contribution in [3.63, 3.8) is 0 Å². The van der Waals surface area contributed by atoms with Gasteiger partial charge in [-0.15, -0.1) is 0 Å². The fourth-order valence-corrected chi connectivity index (χ4v) is 1.82. The third-order valence-electron chi connectivity index (χ3n) is 2.57. The van der Waals surface area contributed by atoms with Gasteiger partial charge in [0.15, 0.2) is 11.5 Å². The molecule has 0 unspecified atom stereocenters. The number of aliphatic imine (C=N–C) groups is 1. The molecule has 0 atom stereocenters. The van der Waals surface area contributed by atoms with Gasteiger partial charge in [-0.05, 0) is 17.3 Å². The van der Waals surface area contributed by atoms with Gasteiger partial charge in [-0.3, -0.25) is 10.7 Å². The summed E-state index contributed by atoms with van der Waals surface area (Å²) in [5.41, 5.74) is 1.47. The largest absolute Gasteiger partial charge is 0.311 e. The van der Waals surface area contributed by atoms with Crippen LogP contribution < -0.4 is 5.48 Å². The molecular weight excluding hydrogens is 336 g/mol. The molecule has 1 heterocycles. The van der Waals surface area contributed by atoms with Crippen LogP contribution >= 0.6 is 0 Å². The van der Waals surface area contributed by atoms with Crippen molar-refractivity contribution in [2.24, 2.45) is 9.36 Å². The third-order valence-corrected chi connectivity index (χ3v) is 2.91. The number of amidine groups is 1. The first-order chi connectivity index (χ1) is 11.0. The van der Waals surface area contributed by atoms with Gasteiger partial charge in [0, 0.05) is 5.56 Å². The summed E-state index contributed by atoms with van der Waals surface area (Å²) in [4.78, 5) is 3.91. The number of hydrogen-bond acceptors (Lipinski definition) is 8. The Bertz CT molecular complexity index is 842. The fourth-order valence-electron chi connectivity index (χ4n) is 1.59. The van der Waals surface area contributed by atoms with Gasteiger partial charge in [0.1, 0.15) is 12.2 Å². The van der Waals surface area contributed by atoms with Crippen LogP contribution in [0.15, 0.2) is 38.2 Å². The van der Waals surface area contributed by atoms with Gasteiger partial charge in [-0.2, -0.15) is 12.8 Å². The van der Waals surface area contributed by atoms with Gasteiger partial charge in [-0.1, -0.05) is 17.3 Å². The van der Waals surface area contributed by atoms with E-state index in [1.54, 1.807) is 5.48 Å². The van der Waals surface area contributed by atoms with Crippen LogP contribution in [0.4, 0.5) is 14.5 Å². The summed E-state index contributed by atoms with van der Waals surface area (Å²) in [6.45, 7) is -0.382. The molecular formula is C11H9F2N5O4S. The zero-order chi connectivity index (χ0) is 16.8. The third kappa shape index (κ3) is 4.37. The van der Waals surface area contributed by atoms with Gasteiger partial charge in [-0.25, -0.2) is 18.4 Å². The standard InChI is InChI=1S/C11H9F2N5O4S/c12-10(13)6-2-1-3-7(4-6)15-11(16-19)9-8(17-22-18-9)5-14-23(20)21/h1-4,10,19H,5H2,(H,15,16). The van der Waals surface area contributed by atoms with E-state index in [0.29, 0.717) is 0 Å². The summed E-state index contributed by atoms with van der Waals surface area (Å²) in [6, 6.07) is 5.13. The molecule has 9 nitrogen and oxygen atoms in total. The van der Waals surface area contributed by atoms with Crippen LogP contribution in [0.2, 0.25) is 0 Å². The first kappa shape index (κ1) is 16.6. The summed E-state index contributed by atoms with van der Waals surface area (Å²) >= 11 is 0. The minimum atomic E-state index is -2.68. The zero-order valence-electron chi connectivity index (χ0n) is 11.2. The molecule has 0 radical (unpaired) electrons. The number of nitrogens with one attached hydrogen (secondary N) is 1. The Morgan fingerprint density at radius 3 is 2.83 bits per heavy atom. The number of aromatic nitrogens is 2. The highest BCUT2D eigenvalue weighted by Crippen LogP contribution is 2.23. The van der Waals surface area contributed by atoms with Crippen molar-refractivity contribution in [2.45, 2.75) is 13.0 Å². The summed E-state index contributed by atoms with van der Waals surface area (Å²) in [6.07, 6.45) is -2.68. The molecule has 0 fully saturated rings. The van der Waals surface area contributed by atoms with Crippen LogP contribution in [0.3, 0.4) is 0 Å². The lowest BCUT2D eigenvalue weighted by Gasteiger charge is -2.04. The Kier molecular flexibility index (Phi) is 5.43. The zero-order valence-corrected chi connectivity index (χ0v) is 12.0. The lowest BCUT2D eigenvalue weighted by molar-refractivity contribution is 0.151. The molecule has 0 saturated carbocycles. The normalized spacial score (nSPS) is 11.6. The van der Waals surface area contributed by atoms with E-state index in [0.717, 1.165) is 6.07 Å². The van der Waals surface area contributed by atoms with Gasteiger partial charge in [0.05, 0.1) is 5.69 Å². The van der Waals surface area contributed by atoms with Gasteiger partial charge in [0.2, 0.25) is 0 Å². The van der Waals surface area contributed by atoms with Gasteiger partial charge >= 0.3 is 10.5 Å². The van der Waals surface area contributed by atoms with E-state index in [1.807, 2.05) is 0 Å². The second-order valence-electron chi connectivity index (χ2n) is 4.03. The van der Waals surface area contributed by atoms with Crippen LogP contribution in [0, 0.1) is 0 Å². The highest BCUT2D eigenvalue weighted by Gasteiger charge is 2.16. The van der Waals surface area contributed by atoms with Crippen molar-refractivity contribution >= 4 is 22.0 Å². The average molecular weight is 345 g/mol. The minimum absolute atomic E-state index is 0.0143. The van der Waals surface area contributed by atoms with Crippen molar-refractivity contribution in [2.75, 3.05) is 0 Å². The monoisotopic (exact) mass is 345 g/mol. The van der Waals surface area contributed by atoms with Crippen LogP contribution in [0.5, 0.6) is 0 Å². The number of benzene rings is 1. The van der Waals surface area contributed by atoms with Crippen LogP contribution in [0.25, 0.3) is 0 Å². The first-order valence-corrected chi connectivity index (χ1v) is 7.00. The van der Waals surface area contributed by atoms with Gasteiger partial charge < -0.3 is 0 Å². The van der Waals surface area contributed by atoms with Crippen LogP contribution in [-0.4, -0.2) is 29.8 Å². The minimum Gasteiger partial charge on any atom is -0.290 e. The molecule has 0 bridgehead atoms. The molecule has 0 spiro atoms. The number of hydrogen-bond donors (Lipinski definition) is 2. The molecule has 0 saturated heterocycles. The Morgan fingerprint density at radius 2 is 2.17 bits per heavy atom. The van der Waals surface area contributed by atoms with Crippen molar-refractivity contribution < 1.29 is 27.0 Å². The molecule has 1 aromatic heterocycles. The maximum atomic E-state index is 12.7. The highest BCUT2D eigenvalue weighted by molar-refractivity contribution is 7.61. The van der Waals surface area contributed by atoms with Crippen molar-refractivity contribution in [3.05, 3.63) is 41.2 Å². The average Bonchev–Trinajstić information content (AvgIpc) is 2.99. The smallest absolute Gasteiger partial charge is 0.290 e. The first-order valence-electron chi connectivity index (χ1n) is 5.97. The van der Waals surface area contributed by atoms with Crippen LogP contribution in [-0.2, 0) is 17.0 Å². The number of alkyl halides is 2. The van der Waals surface area contributed by atoms with Gasteiger partial charge in [0.25, 0.3) is 6.43 Å². The van der Waals surface area contributed by atoms with E-state index in [1.165, 1.54) is 18.2 Å². The SMILES string of the molecule is O=S(=O)=NCc1nonc1C(=Nc1cccc(C(F)F)c1)NO. The summed E-state index contributed by atoms with van der Waals surface area (Å²) < 4.78 is 53.8. The lowest BCUT2D eigenvalue weighted by Crippen LogP contribution is -2.22. The molecule has 2 rings (SSSR count). The Hall–Kier alpha value is -2.73. The molecule has 1 aromatic carbocycles. The second kappa shape index (κ2) is 7.51. The van der Waals surface area contributed by atoms with E-state index in [4.69, 9.17) is 5.21 Å².